The second kappa shape index (κ2) is 8.76. The summed E-state index contributed by atoms with van der Waals surface area (Å²) in [7, 11) is 0. The molecule has 0 aromatic carbocycles. The van der Waals surface area contributed by atoms with E-state index >= 15 is 0 Å². The van der Waals surface area contributed by atoms with Crippen LogP contribution in [0.25, 0.3) is 0 Å². The summed E-state index contributed by atoms with van der Waals surface area (Å²) in [6.45, 7) is 6.56. The van der Waals surface area contributed by atoms with Gasteiger partial charge in [0, 0.05) is 29.3 Å². The number of halogens is 2. The van der Waals surface area contributed by atoms with Gasteiger partial charge in [0.1, 0.15) is 5.82 Å². The summed E-state index contributed by atoms with van der Waals surface area (Å²) in [5.41, 5.74) is 1.11. The van der Waals surface area contributed by atoms with Gasteiger partial charge in [-0.1, -0.05) is 26.7 Å². The Bertz CT molecular complexity index is 350. The van der Waals surface area contributed by atoms with E-state index in [1.165, 1.54) is 25.7 Å². The van der Waals surface area contributed by atoms with Crippen LogP contribution in [0.3, 0.4) is 0 Å². The molecule has 0 aliphatic carbocycles. The van der Waals surface area contributed by atoms with Crippen molar-refractivity contribution in [3.05, 3.63) is 22.3 Å². The molecule has 0 aliphatic rings. The number of hydrogen-bond acceptors (Lipinski definition) is 2. The summed E-state index contributed by atoms with van der Waals surface area (Å²) in [5, 5.41) is 0. The van der Waals surface area contributed by atoms with Gasteiger partial charge in [-0.2, -0.15) is 0 Å². The lowest BCUT2D eigenvalue weighted by atomic mass is 10.2. The molecule has 0 spiro atoms. The Morgan fingerprint density at radius 3 is 2.33 bits per heavy atom. The van der Waals surface area contributed by atoms with E-state index in [1.807, 2.05) is 6.20 Å². The number of anilines is 1. The van der Waals surface area contributed by atoms with Gasteiger partial charge in [0.2, 0.25) is 0 Å². The fourth-order valence-electron chi connectivity index (χ4n) is 1.88. The molecule has 1 aromatic heterocycles. The lowest BCUT2D eigenvalue weighted by Crippen LogP contribution is -2.27. The average Bonchev–Trinajstić information content (AvgIpc) is 2.39. The molecule has 1 heterocycles. The molecule has 1 aromatic rings. The van der Waals surface area contributed by atoms with Gasteiger partial charge in [0.25, 0.3) is 0 Å². The van der Waals surface area contributed by atoms with Crippen LogP contribution in [0.5, 0.6) is 0 Å². The molecule has 0 atom stereocenters. The topological polar surface area (TPSA) is 16.1 Å². The molecule has 0 saturated carbocycles. The molecule has 4 heteroatoms. The van der Waals surface area contributed by atoms with Gasteiger partial charge in [-0.05, 0) is 34.8 Å². The van der Waals surface area contributed by atoms with Crippen LogP contribution in [-0.4, -0.2) is 18.1 Å². The predicted octanol–water partition coefficient (Wildman–Crippen LogP) is 4.99. The van der Waals surface area contributed by atoms with E-state index in [-0.39, 0.29) is 0 Å². The van der Waals surface area contributed by atoms with Gasteiger partial charge >= 0.3 is 0 Å². The number of unbranched alkanes of at least 4 members (excludes halogenated alkanes) is 2. The van der Waals surface area contributed by atoms with Crippen LogP contribution in [0.2, 0.25) is 0 Å². The lowest BCUT2D eigenvalue weighted by molar-refractivity contribution is 0.669. The van der Waals surface area contributed by atoms with Crippen LogP contribution in [0.4, 0.5) is 5.82 Å². The molecule has 0 radical (unpaired) electrons. The summed E-state index contributed by atoms with van der Waals surface area (Å²) in [4.78, 5) is 6.92. The maximum atomic E-state index is 6.03. The Morgan fingerprint density at radius 2 is 1.83 bits per heavy atom. The van der Waals surface area contributed by atoms with Crippen molar-refractivity contribution in [1.82, 2.24) is 4.98 Å². The van der Waals surface area contributed by atoms with Crippen molar-refractivity contribution in [3.8, 4) is 0 Å². The zero-order valence-corrected chi connectivity index (χ0v) is 13.6. The molecule has 2 nitrogen and oxygen atoms in total. The highest BCUT2D eigenvalue weighted by molar-refractivity contribution is 9.10. The summed E-state index contributed by atoms with van der Waals surface area (Å²) < 4.78 is 0.993. The molecule has 0 amide bonds. The molecule has 0 fully saturated rings. The number of pyridine rings is 1. The Balaban J connectivity index is 2.88. The van der Waals surface area contributed by atoms with Gasteiger partial charge in [0.05, 0.1) is 5.88 Å². The minimum Gasteiger partial charge on any atom is -0.356 e. The maximum Gasteiger partial charge on any atom is 0.133 e. The predicted molar refractivity (Wildman–Crippen MR) is 83.5 cm³/mol. The van der Waals surface area contributed by atoms with Gasteiger partial charge in [0.15, 0.2) is 0 Å². The summed E-state index contributed by atoms with van der Waals surface area (Å²) in [6, 6.07) is 2.07. The average molecular weight is 334 g/mol. The Hall–Kier alpha value is -0.280. The second-order valence-electron chi connectivity index (χ2n) is 4.46. The molecular formula is C14H22BrClN2. The fraction of sp³-hybridized carbons (Fsp3) is 0.643. The summed E-state index contributed by atoms with van der Waals surface area (Å²) in [5.74, 6) is 1.56. The first kappa shape index (κ1) is 15.8. The van der Waals surface area contributed by atoms with Crippen molar-refractivity contribution >= 4 is 33.3 Å². The largest absolute Gasteiger partial charge is 0.356 e. The zero-order valence-electron chi connectivity index (χ0n) is 11.3. The third kappa shape index (κ3) is 4.77. The first-order chi connectivity index (χ1) is 8.72. The van der Waals surface area contributed by atoms with E-state index in [0.29, 0.717) is 5.88 Å². The van der Waals surface area contributed by atoms with Gasteiger partial charge in [-0.3, -0.25) is 0 Å². The number of rotatable bonds is 8. The number of nitrogens with zero attached hydrogens (tertiary/aromatic N) is 2. The number of alkyl halides is 1. The Labute approximate surface area is 124 Å². The van der Waals surface area contributed by atoms with Gasteiger partial charge in [-0.15, -0.1) is 11.6 Å². The van der Waals surface area contributed by atoms with Gasteiger partial charge in [-0.25, -0.2) is 4.98 Å². The van der Waals surface area contributed by atoms with Crippen LogP contribution in [0.1, 0.15) is 45.1 Å². The Morgan fingerprint density at radius 1 is 1.22 bits per heavy atom. The fourth-order valence-corrected chi connectivity index (χ4v) is 2.45. The minimum atomic E-state index is 0.510. The molecule has 18 heavy (non-hydrogen) atoms. The molecule has 0 saturated heterocycles. The quantitative estimate of drug-likeness (QED) is 0.623. The summed E-state index contributed by atoms with van der Waals surface area (Å²) >= 11 is 9.48. The van der Waals surface area contributed by atoms with Crippen molar-refractivity contribution in [2.75, 3.05) is 18.0 Å². The van der Waals surface area contributed by atoms with E-state index in [9.17, 15) is 0 Å². The minimum absolute atomic E-state index is 0.510. The van der Waals surface area contributed by atoms with Crippen molar-refractivity contribution in [3.63, 3.8) is 0 Å². The van der Waals surface area contributed by atoms with Crippen molar-refractivity contribution < 1.29 is 0 Å². The maximum absolute atomic E-state index is 6.03. The highest BCUT2D eigenvalue weighted by Gasteiger charge is 2.12. The van der Waals surface area contributed by atoms with Crippen LogP contribution < -0.4 is 4.90 Å². The monoisotopic (exact) mass is 332 g/mol. The van der Waals surface area contributed by atoms with E-state index in [2.05, 4.69) is 45.7 Å². The molecule has 0 unspecified atom stereocenters. The number of hydrogen-bond donors (Lipinski definition) is 0. The normalized spacial score (nSPS) is 10.7. The highest BCUT2D eigenvalue weighted by atomic mass is 79.9. The third-order valence-corrected chi connectivity index (χ3v) is 3.64. The summed E-state index contributed by atoms with van der Waals surface area (Å²) in [6.07, 6.45) is 6.66. The van der Waals surface area contributed by atoms with E-state index in [0.717, 1.165) is 28.9 Å². The van der Waals surface area contributed by atoms with E-state index in [4.69, 9.17) is 11.6 Å². The van der Waals surface area contributed by atoms with Crippen molar-refractivity contribution in [2.24, 2.45) is 0 Å². The zero-order chi connectivity index (χ0) is 13.4. The third-order valence-electron chi connectivity index (χ3n) is 2.92. The standard InChI is InChI=1S/C14H22BrClN2/c1-3-5-7-18(8-6-4-2)14-12(10-16)9-13(15)11-17-14/h9,11H,3-8,10H2,1-2H3. The lowest BCUT2D eigenvalue weighted by Gasteiger charge is -2.25. The smallest absolute Gasteiger partial charge is 0.133 e. The number of aromatic nitrogens is 1. The van der Waals surface area contributed by atoms with E-state index < -0.39 is 0 Å². The molecule has 0 aliphatic heterocycles. The molecule has 102 valence electrons. The Kier molecular flexibility index (Phi) is 7.68. The van der Waals surface area contributed by atoms with Crippen LogP contribution in [0.15, 0.2) is 16.7 Å². The van der Waals surface area contributed by atoms with Crippen LogP contribution in [-0.2, 0) is 5.88 Å². The first-order valence-corrected chi connectivity index (χ1v) is 8.01. The molecular weight excluding hydrogens is 312 g/mol. The van der Waals surface area contributed by atoms with Crippen molar-refractivity contribution in [2.45, 2.75) is 45.4 Å². The van der Waals surface area contributed by atoms with E-state index in [1.54, 1.807) is 0 Å². The van der Waals surface area contributed by atoms with Gasteiger partial charge < -0.3 is 4.90 Å². The molecule has 0 N–H and O–H groups in total. The highest BCUT2D eigenvalue weighted by Crippen LogP contribution is 2.24. The SMILES string of the molecule is CCCCN(CCCC)c1ncc(Br)cc1CCl. The molecule has 0 bridgehead atoms. The molecule has 1 rings (SSSR count). The second-order valence-corrected chi connectivity index (χ2v) is 5.65. The van der Waals surface area contributed by atoms with Crippen molar-refractivity contribution in [1.29, 1.82) is 0 Å². The first-order valence-electron chi connectivity index (χ1n) is 6.68. The van der Waals surface area contributed by atoms with Crippen LogP contribution in [0, 0.1) is 0 Å². The van der Waals surface area contributed by atoms with Crippen LogP contribution >= 0.6 is 27.5 Å².